The normalized spacial score (nSPS) is 23.3. The number of aromatic nitrogens is 1. The molecule has 0 radical (unpaired) electrons. The van der Waals surface area contributed by atoms with Crippen molar-refractivity contribution < 1.29 is 5.21 Å². The van der Waals surface area contributed by atoms with Crippen molar-refractivity contribution in [3.8, 4) is 6.19 Å². The highest BCUT2D eigenvalue weighted by atomic mass is 16.5. The molecule has 1 aliphatic rings. The molecule has 124 valence electrons. The molecule has 1 fully saturated rings. The number of guanidine groups is 1. The summed E-state index contributed by atoms with van der Waals surface area (Å²) in [5, 5.41) is 23.5. The second-order valence-electron chi connectivity index (χ2n) is 6.95. The van der Waals surface area contributed by atoms with E-state index >= 15 is 0 Å². The molecule has 1 aromatic heterocycles. The van der Waals surface area contributed by atoms with Crippen molar-refractivity contribution in [3.63, 3.8) is 0 Å². The minimum atomic E-state index is -0.523. The SMILES string of the molecule is CN(C(=NC1CC(C)(C)N(O)C1(C)C)NC#N)c1ccncc1. The average molecular weight is 316 g/mol. The van der Waals surface area contributed by atoms with E-state index in [0.29, 0.717) is 12.4 Å². The predicted octanol–water partition coefficient (Wildman–Crippen LogP) is 1.97. The monoisotopic (exact) mass is 316 g/mol. The summed E-state index contributed by atoms with van der Waals surface area (Å²) in [6.07, 6.45) is 6.01. The number of hydrogen-bond acceptors (Lipinski definition) is 5. The molecule has 23 heavy (non-hydrogen) atoms. The van der Waals surface area contributed by atoms with Crippen molar-refractivity contribution in [2.75, 3.05) is 11.9 Å². The molecule has 0 aromatic carbocycles. The molecular formula is C16H24N6O. The van der Waals surface area contributed by atoms with E-state index in [1.54, 1.807) is 17.3 Å². The fourth-order valence-electron chi connectivity index (χ4n) is 3.02. The first-order valence-corrected chi connectivity index (χ1v) is 7.56. The Morgan fingerprint density at radius 3 is 2.52 bits per heavy atom. The number of hydrogen-bond donors (Lipinski definition) is 2. The van der Waals surface area contributed by atoms with E-state index in [0.717, 1.165) is 5.69 Å². The highest BCUT2D eigenvalue weighted by Crippen LogP contribution is 2.40. The smallest absolute Gasteiger partial charge is 0.212 e. The zero-order valence-electron chi connectivity index (χ0n) is 14.3. The Labute approximate surface area is 137 Å². The van der Waals surface area contributed by atoms with Gasteiger partial charge in [-0.25, -0.2) is 4.99 Å². The van der Waals surface area contributed by atoms with Crippen molar-refractivity contribution in [2.24, 2.45) is 4.99 Å². The summed E-state index contributed by atoms with van der Waals surface area (Å²) in [5.41, 5.74) is -0.0206. The van der Waals surface area contributed by atoms with Crippen LogP contribution in [0.3, 0.4) is 0 Å². The van der Waals surface area contributed by atoms with Crippen LogP contribution in [0.15, 0.2) is 29.5 Å². The van der Waals surface area contributed by atoms with Crippen molar-refractivity contribution in [2.45, 2.75) is 51.2 Å². The highest BCUT2D eigenvalue weighted by Gasteiger charge is 2.51. The largest absolute Gasteiger partial charge is 0.315 e. The fraction of sp³-hybridized carbons (Fsp3) is 0.562. The second-order valence-corrected chi connectivity index (χ2v) is 6.95. The molecule has 7 heteroatoms. The van der Waals surface area contributed by atoms with Gasteiger partial charge in [0.05, 0.1) is 11.6 Å². The van der Waals surface area contributed by atoms with Gasteiger partial charge in [-0.2, -0.15) is 10.3 Å². The Hall–Kier alpha value is -2.17. The molecule has 0 spiro atoms. The van der Waals surface area contributed by atoms with E-state index in [-0.39, 0.29) is 11.6 Å². The average Bonchev–Trinajstić information content (AvgIpc) is 2.67. The van der Waals surface area contributed by atoms with Crippen LogP contribution < -0.4 is 10.2 Å². The number of hydroxylamine groups is 2. The maximum absolute atomic E-state index is 10.4. The predicted molar refractivity (Wildman–Crippen MR) is 89.0 cm³/mol. The van der Waals surface area contributed by atoms with E-state index in [1.807, 2.05) is 53.1 Å². The zero-order chi connectivity index (χ0) is 17.3. The lowest BCUT2D eigenvalue weighted by Crippen LogP contribution is -2.49. The molecule has 0 bridgehead atoms. The number of nitrogens with one attached hydrogen (secondary N) is 1. The van der Waals surface area contributed by atoms with Crippen LogP contribution in [0.4, 0.5) is 5.69 Å². The van der Waals surface area contributed by atoms with E-state index in [2.05, 4.69) is 10.3 Å². The molecule has 2 heterocycles. The van der Waals surface area contributed by atoms with Crippen LogP contribution >= 0.6 is 0 Å². The molecule has 0 aliphatic carbocycles. The number of rotatable bonds is 2. The van der Waals surface area contributed by atoms with Gasteiger partial charge in [0.1, 0.15) is 0 Å². The lowest BCUT2D eigenvalue weighted by Gasteiger charge is -2.35. The van der Waals surface area contributed by atoms with Gasteiger partial charge >= 0.3 is 0 Å². The Bertz CT molecular complexity index is 619. The Morgan fingerprint density at radius 1 is 1.43 bits per heavy atom. The third kappa shape index (κ3) is 3.28. The molecule has 2 rings (SSSR count). The first-order chi connectivity index (χ1) is 10.7. The summed E-state index contributed by atoms with van der Waals surface area (Å²) in [4.78, 5) is 10.5. The van der Waals surface area contributed by atoms with Crippen LogP contribution in [0.5, 0.6) is 0 Å². The van der Waals surface area contributed by atoms with Gasteiger partial charge in [0.2, 0.25) is 5.96 Å². The van der Waals surface area contributed by atoms with Crippen LogP contribution in [-0.2, 0) is 0 Å². The standard InChI is InChI=1S/C16H24N6O/c1-15(2)10-13(16(3,4)22(15)23)20-14(19-11-17)21(5)12-6-8-18-9-7-12/h6-9,13,23H,10H2,1-5H3,(H,19,20). The number of aliphatic imine (C=N–C) groups is 1. The first kappa shape index (κ1) is 17.2. The van der Waals surface area contributed by atoms with Crippen LogP contribution in [0.1, 0.15) is 34.1 Å². The van der Waals surface area contributed by atoms with Crippen molar-refractivity contribution in [1.82, 2.24) is 15.4 Å². The molecule has 0 amide bonds. The molecule has 7 nitrogen and oxygen atoms in total. The maximum Gasteiger partial charge on any atom is 0.212 e. The molecule has 1 atom stereocenters. The maximum atomic E-state index is 10.4. The third-order valence-corrected chi connectivity index (χ3v) is 4.44. The van der Waals surface area contributed by atoms with Gasteiger partial charge < -0.3 is 10.1 Å². The zero-order valence-corrected chi connectivity index (χ0v) is 14.3. The number of nitrogens with zero attached hydrogens (tertiary/aromatic N) is 5. The summed E-state index contributed by atoms with van der Waals surface area (Å²) in [5.74, 6) is 0.447. The topological polar surface area (TPSA) is 87.8 Å². The molecule has 1 unspecified atom stereocenters. The summed E-state index contributed by atoms with van der Waals surface area (Å²) >= 11 is 0. The number of nitriles is 1. The van der Waals surface area contributed by atoms with Crippen LogP contribution in [0.2, 0.25) is 0 Å². The van der Waals surface area contributed by atoms with Crippen LogP contribution in [0.25, 0.3) is 0 Å². The van der Waals surface area contributed by atoms with Gasteiger partial charge in [-0.1, -0.05) is 0 Å². The lowest BCUT2D eigenvalue weighted by atomic mass is 9.95. The quantitative estimate of drug-likeness (QED) is 0.375. The Morgan fingerprint density at radius 2 is 2.04 bits per heavy atom. The van der Waals surface area contributed by atoms with E-state index < -0.39 is 5.54 Å². The molecular weight excluding hydrogens is 292 g/mol. The van der Waals surface area contributed by atoms with Crippen LogP contribution in [-0.4, -0.2) is 45.4 Å². The van der Waals surface area contributed by atoms with Gasteiger partial charge in [-0.05, 0) is 46.2 Å². The summed E-state index contributed by atoms with van der Waals surface area (Å²) in [6, 6.07) is 3.54. The van der Waals surface area contributed by atoms with Gasteiger partial charge in [0.15, 0.2) is 6.19 Å². The molecule has 1 aromatic rings. The van der Waals surface area contributed by atoms with Gasteiger partial charge in [0, 0.05) is 30.7 Å². The van der Waals surface area contributed by atoms with E-state index in [1.165, 1.54) is 5.06 Å². The van der Waals surface area contributed by atoms with E-state index in [4.69, 9.17) is 10.3 Å². The van der Waals surface area contributed by atoms with Gasteiger partial charge in [-0.3, -0.25) is 10.3 Å². The van der Waals surface area contributed by atoms with Crippen LogP contribution in [0, 0.1) is 11.5 Å². The minimum absolute atomic E-state index is 0.150. The molecule has 1 aliphatic heterocycles. The Balaban J connectivity index is 2.35. The van der Waals surface area contributed by atoms with Crippen molar-refractivity contribution in [1.29, 1.82) is 5.26 Å². The van der Waals surface area contributed by atoms with Gasteiger partial charge in [0.25, 0.3) is 0 Å². The first-order valence-electron chi connectivity index (χ1n) is 7.56. The number of anilines is 1. The summed E-state index contributed by atoms with van der Waals surface area (Å²) < 4.78 is 0. The fourth-order valence-corrected chi connectivity index (χ4v) is 3.02. The highest BCUT2D eigenvalue weighted by molar-refractivity contribution is 5.96. The van der Waals surface area contributed by atoms with E-state index in [9.17, 15) is 5.21 Å². The number of pyridine rings is 1. The second kappa shape index (κ2) is 6.14. The minimum Gasteiger partial charge on any atom is -0.315 e. The lowest BCUT2D eigenvalue weighted by molar-refractivity contribution is -0.193. The van der Waals surface area contributed by atoms with Crippen molar-refractivity contribution >= 4 is 11.6 Å². The third-order valence-electron chi connectivity index (χ3n) is 4.44. The van der Waals surface area contributed by atoms with Crippen molar-refractivity contribution in [3.05, 3.63) is 24.5 Å². The summed E-state index contributed by atoms with van der Waals surface area (Å²) in [6.45, 7) is 7.86. The summed E-state index contributed by atoms with van der Waals surface area (Å²) in [7, 11) is 1.84. The van der Waals surface area contributed by atoms with Gasteiger partial charge in [-0.15, -0.1) is 0 Å². The molecule has 0 saturated carbocycles. The molecule has 2 N–H and O–H groups in total. The molecule has 1 saturated heterocycles. The Kier molecular flexibility index (Phi) is 4.59.